The van der Waals surface area contributed by atoms with Gasteiger partial charge >= 0.3 is 0 Å². The topological polar surface area (TPSA) is 9.23 Å². The predicted molar refractivity (Wildman–Crippen MR) is 78.2 cm³/mol. The van der Waals surface area contributed by atoms with Gasteiger partial charge in [0, 0.05) is 29.2 Å². The third-order valence-corrected chi connectivity index (χ3v) is 5.90. The van der Waals surface area contributed by atoms with Crippen LogP contribution in [0.25, 0.3) is 0 Å². The van der Waals surface area contributed by atoms with Gasteiger partial charge in [0.05, 0.1) is 0 Å². The fraction of sp³-hybridized carbons (Fsp3) is 0.571. The lowest BCUT2D eigenvalue weighted by atomic mass is 9.85. The minimum Gasteiger partial charge on any atom is -0.381 e. The minimum atomic E-state index is 0.423. The Kier molecular flexibility index (Phi) is 4.95. The third kappa shape index (κ3) is 3.73. The van der Waals surface area contributed by atoms with E-state index in [4.69, 9.17) is 4.74 Å². The molecular weight excluding hydrogens is 296 g/mol. The van der Waals surface area contributed by atoms with Crippen molar-refractivity contribution in [3.63, 3.8) is 0 Å². The number of benzene rings is 1. The Morgan fingerprint density at radius 1 is 1.35 bits per heavy atom. The summed E-state index contributed by atoms with van der Waals surface area (Å²) in [5, 5.41) is 1.09. The molecule has 0 saturated carbocycles. The van der Waals surface area contributed by atoms with E-state index < -0.39 is 0 Å². The first kappa shape index (κ1) is 13.4. The number of rotatable bonds is 4. The largest absolute Gasteiger partial charge is 0.381 e. The van der Waals surface area contributed by atoms with Gasteiger partial charge in [-0.15, -0.1) is 11.8 Å². The average Bonchev–Trinajstić information content (AvgIpc) is 2.38. The van der Waals surface area contributed by atoms with Crippen LogP contribution in [0.5, 0.6) is 0 Å². The van der Waals surface area contributed by atoms with Crippen LogP contribution >= 0.6 is 27.7 Å². The smallest absolute Gasteiger partial charge is 0.0471 e. The average molecular weight is 315 g/mol. The molecule has 17 heavy (non-hydrogen) atoms. The van der Waals surface area contributed by atoms with Gasteiger partial charge in [-0.25, -0.2) is 0 Å². The van der Waals surface area contributed by atoms with Gasteiger partial charge in [0.15, 0.2) is 0 Å². The van der Waals surface area contributed by atoms with Gasteiger partial charge in [0.2, 0.25) is 0 Å². The first-order valence-electron chi connectivity index (χ1n) is 6.07. The highest BCUT2D eigenvalue weighted by atomic mass is 79.9. The van der Waals surface area contributed by atoms with Crippen molar-refractivity contribution in [3.05, 3.63) is 29.8 Å². The van der Waals surface area contributed by atoms with Crippen LogP contribution in [0.4, 0.5) is 0 Å². The van der Waals surface area contributed by atoms with E-state index in [0.29, 0.717) is 5.41 Å². The standard InChI is InChI=1S/C14H19BrOS/c1-12-3-2-4-13(9-12)17-11-14(10-15)5-7-16-8-6-14/h2-4,9H,5-8,10-11H2,1H3. The summed E-state index contributed by atoms with van der Waals surface area (Å²) in [4.78, 5) is 1.39. The highest BCUT2D eigenvalue weighted by molar-refractivity contribution is 9.09. The summed E-state index contributed by atoms with van der Waals surface area (Å²) in [5.41, 5.74) is 1.77. The second kappa shape index (κ2) is 6.26. The van der Waals surface area contributed by atoms with Gasteiger partial charge < -0.3 is 4.74 Å². The summed E-state index contributed by atoms with van der Waals surface area (Å²) in [7, 11) is 0. The van der Waals surface area contributed by atoms with Crippen LogP contribution in [0.3, 0.4) is 0 Å². The Labute approximate surface area is 116 Å². The van der Waals surface area contributed by atoms with Crippen molar-refractivity contribution < 1.29 is 4.74 Å². The zero-order valence-electron chi connectivity index (χ0n) is 10.2. The maximum absolute atomic E-state index is 5.47. The Hall–Kier alpha value is 0.01000. The van der Waals surface area contributed by atoms with E-state index in [-0.39, 0.29) is 0 Å². The minimum absolute atomic E-state index is 0.423. The second-order valence-corrected chi connectivity index (χ2v) is 6.46. The molecule has 1 fully saturated rings. The van der Waals surface area contributed by atoms with Crippen molar-refractivity contribution in [1.29, 1.82) is 0 Å². The summed E-state index contributed by atoms with van der Waals surface area (Å²) in [6.45, 7) is 3.98. The van der Waals surface area contributed by atoms with Crippen LogP contribution in [-0.2, 0) is 4.74 Å². The Morgan fingerprint density at radius 3 is 2.76 bits per heavy atom. The molecule has 0 spiro atoms. The van der Waals surface area contributed by atoms with Crippen molar-refractivity contribution in [2.75, 3.05) is 24.3 Å². The molecule has 1 saturated heterocycles. The van der Waals surface area contributed by atoms with E-state index in [1.54, 1.807) is 0 Å². The number of ether oxygens (including phenoxy) is 1. The number of alkyl halides is 1. The first-order chi connectivity index (χ1) is 8.24. The molecule has 1 aliphatic rings. The molecule has 0 aromatic heterocycles. The summed E-state index contributed by atoms with van der Waals surface area (Å²) >= 11 is 5.67. The van der Waals surface area contributed by atoms with E-state index in [2.05, 4.69) is 47.1 Å². The summed E-state index contributed by atoms with van der Waals surface area (Å²) in [5.74, 6) is 1.19. The van der Waals surface area contributed by atoms with Crippen LogP contribution in [-0.4, -0.2) is 24.3 Å². The molecule has 2 rings (SSSR count). The van der Waals surface area contributed by atoms with E-state index in [1.165, 1.54) is 29.1 Å². The molecular formula is C14H19BrOS. The SMILES string of the molecule is Cc1cccc(SCC2(CBr)CCOCC2)c1. The molecule has 0 amide bonds. The molecule has 0 atom stereocenters. The molecule has 0 aliphatic carbocycles. The van der Waals surface area contributed by atoms with Crippen LogP contribution in [0.15, 0.2) is 29.2 Å². The van der Waals surface area contributed by atoms with Gasteiger partial charge in [-0.05, 0) is 37.3 Å². The highest BCUT2D eigenvalue weighted by Gasteiger charge is 2.31. The zero-order valence-corrected chi connectivity index (χ0v) is 12.6. The predicted octanol–water partition coefficient (Wildman–Crippen LogP) is 4.28. The monoisotopic (exact) mass is 314 g/mol. The molecule has 0 unspecified atom stereocenters. The zero-order chi connectivity index (χ0) is 12.1. The molecule has 94 valence electrons. The maximum Gasteiger partial charge on any atom is 0.0471 e. The second-order valence-electron chi connectivity index (χ2n) is 4.85. The van der Waals surface area contributed by atoms with E-state index in [9.17, 15) is 0 Å². The van der Waals surface area contributed by atoms with Crippen LogP contribution < -0.4 is 0 Å². The van der Waals surface area contributed by atoms with E-state index in [1.807, 2.05) is 11.8 Å². The fourth-order valence-electron chi connectivity index (χ4n) is 2.06. The molecule has 1 aliphatic heterocycles. The van der Waals surface area contributed by atoms with Gasteiger partial charge in [-0.3, -0.25) is 0 Å². The van der Waals surface area contributed by atoms with Gasteiger partial charge in [-0.1, -0.05) is 33.6 Å². The van der Waals surface area contributed by atoms with Gasteiger partial charge in [0.1, 0.15) is 0 Å². The molecule has 3 heteroatoms. The van der Waals surface area contributed by atoms with E-state index in [0.717, 1.165) is 18.5 Å². The molecule has 1 aromatic rings. The lowest BCUT2D eigenvalue weighted by Gasteiger charge is -2.35. The van der Waals surface area contributed by atoms with Crippen LogP contribution in [0.2, 0.25) is 0 Å². The fourth-order valence-corrected chi connectivity index (χ4v) is 4.39. The number of hydrogen-bond donors (Lipinski definition) is 0. The quantitative estimate of drug-likeness (QED) is 0.606. The van der Waals surface area contributed by atoms with Gasteiger partial charge in [-0.2, -0.15) is 0 Å². The van der Waals surface area contributed by atoms with Crippen molar-refractivity contribution >= 4 is 27.7 Å². The van der Waals surface area contributed by atoms with Crippen LogP contribution in [0.1, 0.15) is 18.4 Å². The Morgan fingerprint density at radius 2 is 2.12 bits per heavy atom. The summed E-state index contributed by atoms with van der Waals surface area (Å²) in [6, 6.07) is 8.77. The lowest BCUT2D eigenvalue weighted by molar-refractivity contribution is 0.0374. The normalized spacial score (nSPS) is 19.2. The van der Waals surface area contributed by atoms with Crippen molar-refractivity contribution in [2.45, 2.75) is 24.7 Å². The Balaban J connectivity index is 1.95. The van der Waals surface area contributed by atoms with Crippen molar-refractivity contribution in [1.82, 2.24) is 0 Å². The highest BCUT2D eigenvalue weighted by Crippen LogP contribution is 2.38. The Bertz CT molecular complexity index is 361. The number of hydrogen-bond acceptors (Lipinski definition) is 2. The molecule has 0 radical (unpaired) electrons. The summed E-state index contributed by atoms with van der Waals surface area (Å²) < 4.78 is 5.47. The van der Waals surface area contributed by atoms with Crippen molar-refractivity contribution in [2.24, 2.45) is 5.41 Å². The molecule has 1 heterocycles. The van der Waals surface area contributed by atoms with Gasteiger partial charge in [0.25, 0.3) is 0 Å². The maximum atomic E-state index is 5.47. The number of aryl methyl sites for hydroxylation is 1. The molecule has 1 nitrogen and oxygen atoms in total. The van der Waals surface area contributed by atoms with Crippen molar-refractivity contribution in [3.8, 4) is 0 Å². The number of thioether (sulfide) groups is 1. The lowest BCUT2D eigenvalue weighted by Crippen LogP contribution is -2.33. The first-order valence-corrected chi connectivity index (χ1v) is 8.18. The number of halogens is 1. The summed E-state index contributed by atoms with van der Waals surface area (Å²) in [6.07, 6.45) is 2.36. The molecule has 0 bridgehead atoms. The van der Waals surface area contributed by atoms with E-state index >= 15 is 0 Å². The van der Waals surface area contributed by atoms with Crippen LogP contribution in [0, 0.1) is 12.3 Å². The molecule has 0 N–H and O–H groups in total. The third-order valence-electron chi connectivity index (χ3n) is 3.37. The molecule has 1 aromatic carbocycles.